The third kappa shape index (κ3) is 5.04. The van der Waals surface area contributed by atoms with Gasteiger partial charge in [0.2, 0.25) is 0 Å². The molecule has 0 aliphatic carbocycles. The van der Waals surface area contributed by atoms with E-state index in [4.69, 9.17) is 10.5 Å². The second kappa shape index (κ2) is 7.68. The van der Waals surface area contributed by atoms with Crippen molar-refractivity contribution < 1.29 is 9.53 Å². The Hall–Kier alpha value is -1.83. The standard InChI is InChI=1S/C16H22N2O2/c1-4-20-16(2,3)12-18-15(19)14-10-6-5-8-13(14)9-7-11-17/h5-6,8,10H,4,11-12,17H2,1-3H3,(H,18,19). The van der Waals surface area contributed by atoms with E-state index in [0.717, 1.165) is 0 Å². The highest BCUT2D eigenvalue weighted by Gasteiger charge is 2.19. The smallest absolute Gasteiger partial charge is 0.252 e. The largest absolute Gasteiger partial charge is 0.374 e. The molecule has 0 spiro atoms. The van der Waals surface area contributed by atoms with Crippen molar-refractivity contribution in [3.05, 3.63) is 35.4 Å². The topological polar surface area (TPSA) is 64.3 Å². The Morgan fingerprint density at radius 2 is 2.10 bits per heavy atom. The first-order chi connectivity index (χ1) is 9.50. The van der Waals surface area contributed by atoms with Crippen LogP contribution in [0.1, 0.15) is 36.7 Å². The maximum atomic E-state index is 12.2. The number of hydrogen-bond donors (Lipinski definition) is 2. The van der Waals surface area contributed by atoms with Crippen LogP contribution < -0.4 is 11.1 Å². The molecule has 1 aromatic carbocycles. The molecule has 0 radical (unpaired) electrons. The molecular weight excluding hydrogens is 252 g/mol. The summed E-state index contributed by atoms with van der Waals surface area (Å²) < 4.78 is 5.55. The summed E-state index contributed by atoms with van der Waals surface area (Å²) in [5.74, 6) is 5.52. The lowest BCUT2D eigenvalue weighted by Gasteiger charge is -2.25. The molecular formula is C16H22N2O2. The molecule has 3 N–H and O–H groups in total. The molecule has 108 valence electrons. The highest BCUT2D eigenvalue weighted by Crippen LogP contribution is 2.10. The lowest BCUT2D eigenvalue weighted by atomic mass is 10.1. The zero-order chi connectivity index (χ0) is 15.0. The van der Waals surface area contributed by atoms with Crippen LogP contribution in [0.2, 0.25) is 0 Å². The van der Waals surface area contributed by atoms with Crippen molar-refractivity contribution in [1.29, 1.82) is 0 Å². The van der Waals surface area contributed by atoms with Crippen molar-refractivity contribution in [1.82, 2.24) is 5.32 Å². The van der Waals surface area contributed by atoms with Crippen LogP contribution in [-0.2, 0) is 4.74 Å². The van der Waals surface area contributed by atoms with Gasteiger partial charge < -0.3 is 15.8 Å². The van der Waals surface area contributed by atoms with Crippen molar-refractivity contribution >= 4 is 5.91 Å². The van der Waals surface area contributed by atoms with Crippen LogP contribution in [0, 0.1) is 11.8 Å². The number of rotatable bonds is 5. The summed E-state index contributed by atoms with van der Waals surface area (Å²) in [5.41, 5.74) is 6.22. The van der Waals surface area contributed by atoms with Crippen molar-refractivity contribution in [3.8, 4) is 11.8 Å². The molecule has 1 amide bonds. The number of amides is 1. The molecule has 4 nitrogen and oxygen atoms in total. The third-order valence-corrected chi connectivity index (χ3v) is 2.71. The minimum absolute atomic E-state index is 0.153. The first kappa shape index (κ1) is 16.2. The van der Waals surface area contributed by atoms with Gasteiger partial charge in [-0.2, -0.15) is 0 Å². The Kier molecular flexibility index (Phi) is 6.23. The predicted molar refractivity (Wildman–Crippen MR) is 80.4 cm³/mol. The summed E-state index contributed by atoms with van der Waals surface area (Å²) in [6.45, 7) is 7.14. The van der Waals surface area contributed by atoms with Crippen LogP contribution in [-0.4, -0.2) is 31.2 Å². The van der Waals surface area contributed by atoms with Crippen molar-refractivity contribution in [2.24, 2.45) is 5.73 Å². The summed E-state index contributed by atoms with van der Waals surface area (Å²) in [4.78, 5) is 12.2. The lowest BCUT2D eigenvalue weighted by molar-refractivity contribution is -0.00815. The molecule has 0 aromatic heterocycles. The van der Waals surface area contributed by atoms with E-state index in [9.17, 15) is 4.79 Å². The van der Waals surface area contributed by atoms with Gasteiger partial charge in [-0.05, 0) is 32.9 Å². The second-order valence-corrected chi connectivity index (χ2v) is 4.93. The van der Waals surface area contributed by atoms with E-state index in [1.165, 1.54) is 0 Å². The zero-order valence-electron chi connectivity index (χ0n) is 12.3. The number of ether oxygens (including phenoxy) is 1. The quantitative estimate of drug-likeness (QED) is 0.801. The average Bonchev–Trinajstić information content (AvgIpc) is 2.43. The van der Waals surface area contributed by atoms with E-state index in [1.807, 2.05) is 39.0 Å². The van der Waals surface area contributed by atoms with E-state index in [0.29, 0.717) is 24.3 Å². The fourth-order valence-electron chi connectivity index (χ4n) is 1.77. The van der Waals surface area contributed by atoms with Gasteiger partial charge in [-0.3, -0.25) is 4.79 Å². The Morgan fingerprint density at radius 3 is 2.75 bits per heavy atom. The van der Waals surface area contributed by atoms with Crippen molar-refractivity contribution in [2.75, 3.05) is 19.7 Å². The monoisotopic (exact) mass is 274 g/mol. The number of carbonyl (C=O) groups is 1. The van der Waals surface area contributed by atoms with Gasteiger partial charge in [0.15, 0.2) is 0 Å². The molecule has 1 rings (SSSR count). The van der Waals surface area contributed by atoms with Crippen LogP contribution in [0.4, 0.5) is 0 Å². The molecule has 20 heavy (non-hydrogen) atoms. The molecule has 4 heteroatoms. The van der Waals surface area contributed by atoms with E-state index < -0.39 is 0 Å². The fourth-order valence-corrected chi connectivity index (χ4v) is 1.77. The summed E-state index contributed by atoms with van der Waals surface area (Å²) in [7, 11) is 0. The average molecular weight is 274 g/mol. The minimum atomic E-state index is -0.387. The Labute approximate surface area is 120 Å². The molecule has 0 aliphatic heterocycles. The van der Waals surface area contributed by atoms with Crippen LogP contribution in [0.3, 0.4) is 0 Å². The van der Waals surface area contributed by atoms with Gasteiger partial charge in [0.1, 0.15) is 0 Å². The van der Waals surface area contributed by atoms with Crippen molar-refractivity contribution in [3.63, 3.8) is 0 Å². The first-order valence-corrected chi connectivity index (χ1v) is 6.70. The van der Waals surface area contributed by atoms with E-state index >= 15 is 0 Å². The van der Waals surface area contributed by atoms with Crippen LogP contribution in [0.25, 0.3) is 0 Å². The predicted octanol–water partition coefficient (Wildman–Crippen LogP) is 1.54. The maximum absolute atomic E-state index is 12.2. The molecule has 0 saturated heterocycles. The summed E-state index contributed by atoms with van der Waals surface area (Å²) in [6.07, 6.45) is 0. The Bertz CT molecular complexity index is 513. The number of benzene rings is 1. The number of nitrogens with two attached hydrogens (primary N) is 1. The van der Waals surface area contributed by atoms with E-state index in [1.54, 1.807) is 6.07 Å². The van der Waals surface area contributed by atoms with E-state index in [2.05, 4.69) is 17.2 Å². The lowest BCUT2D eigenvalue weighted by Crippen LogP contribution is -2.40. The number of carbonyl (C=O) groups excluding carboxylic acids is 1. The fraction of sp³-hybridized carbons (Fsp3) is 0.438. The van der Waals surface area contributed by atoms with Crippen LogP contribution >= 0.6 is 0 Å². The molecule has 0 bridgehead atoms. The molecule has 0 fully saturated rings. The van der Waals surface area contributed by atoms with Crippen molar-refractivity contribution in [2.45, 2.75) is 26.4 Å². The van der Waals surface area contributed by atoms with Crippen LogP contribution in [0.5, 0.6) is 0 Å². The normalized spacial score (nSPS) is 10.6. The van der Waals surface area contributed by atoms with Gasteiger partial charge in [0.25, 0.3) is 5.91 Å². The van der Waals surface area contributed by atoms with Gasteiger partial charge in [-0.1, -0.05) is 24.0 Å². The molecule has 0 atom stereocenters. The van der Waals surface area contributed by atoms with Gasteiger partial charge in [-0.15, -0.1) is 0 Å². The van der Waals surface area contributed by atoms with Gasteiger partial charge in [0, 0.05) is 18.7 Å². The molecule has 1 aromatic rings. The summed E-state index contributed by atoms with van der Waals surface area (Å²) >= 11 is 0. The highest BCUT2D eigenvalue weighted by molar-refractivity contribution is 5.96. The van der Waals surface area contributed by atoms with Crippen LogP contribution in [0.15, 0.2) is 24.3 Å². The second-order valence-electron chi connectivity index (χ2n) is 4.93. The maximum Gasteiger partial charge on any atom is 0.252 e. The number of nitrogens with one attached hydrogen (secondary N) is 1. The van der Waals surface area contributed by atoms with Gasteiger partial charge >= 0.3 is 0 Å². The molecule has 0 unspecified atom stereocenters. The zero-order valence-corrected chi connectivity index (χ0v) is 12.3. The Morgan fingerprint density at radius 1 is 1.40 bits per heavy atom. The molecule has 0 aliphatic rings. The van der Waals surface area contributed by atoms with E-state index in [-0.39, 0.29) is 18.1 Å². The van der Waals surface area contributed by atoms with Gasteiger partial charge in [-0.25, -0.2) is 0 Å². The number of hydrogen-bond acceptors (Lipinski definition) is 3. The minimum Gasteiger partial charge on any atom is -0.374 e. The SMILES string of the molecule is CCOC(C)(C)CNC(=O)c1ccccc1C#CCN. The Balaban J connectivity index is 2.78. The van der Waals surface area contributed by atoms with Gasteiger partial charge in [0.05, 0.1) is 17.7 Å². The highest BCUT2D eigenvalue weighted by atomic mass is 16.5. The third-order valence-electron chi connectivity index (χ3n) is 2.71. The molecule has 0 saturated carbocycles. The molecule has 0 heterocycles. The summed E-state index contributed by atoms with van der Waals surface area (Å²) in [6, 6.07) is 7.23. The summed E-state index contributed by atoms with van der Waals surface area (Å²) in [5, 5.41) is 2.88. The first-order valence-electron chi connectivity index (χ1n) is 6.70.